The normalized spacial score (nSPS) is 17.0. The second-order valence-electron chi connectivity index (χ2n) is 3.64. The zero-order valence-electron chi connectivity index (χ0n) is 8.16. The molecular formula is C11H16N2. The van der Waals surface area contributed by atoms with Crippen LogP contribution in [0.3, 0.4) is 0 Å². The maximum Gasteiger partial charge on any atom is 0.0461 e. The van der Waals surface area contributed by atoms with Crippen LogP contribution in [0.1, 0.15) is 24.6 Å². The van der Waals surface area contributed by atoms with Gasteiger partial charge in [0.1, 0.15) is 0 Å². The quantitative estimate of drug-likeness (QED) is 0.683. The minimum atomic E-state index is 1.09. The molecule has 1 aliphatic heterocycles. The Balaban J connectivity index is 2.11. The Labute approximate surface area is 79.6 Å². The highest BCUT2D eigenvalue weighted by molar-refractivity contribution is 5.21. The minimum Gasteiger partial charge on any atom is -0.299 e. The molecule has 0 saturated carbocycles. The molecule has 1 aromatic heterocycles. The van der Waals surface area contributed by atoms with Crippen LogP contribution in [-0.4, -0.2) is 23.0 Å². The predicted molar refractivity (Wildman–Crippen MR) is 53.5 cm³/mol. The molecule has 2 heteroatoms. The first-order valence-corrected chi connectivity index (χ1v) is 5.05. The van der Waals surface area contributed by atoms with Gasteiger partial charge in [0.15, 0.2) is 0 Å². The Morgan fingerprint density at radius 3 is 3.31 bits per heavy atom. The summed E-state index contributed by atoms with van der Waals surface area (Å²) in [5.41, 5.74) is 2.72. The number of hydrogen-bond donors (Lipinski definition) is 0. The van der Waals surface area contributed by atoms with E-state index in [0.717, 1.165) is 13.0 Å². The van der Waals surface area contributed by atoms with Crippen molar-refractivity contribution in [3.8, 4) is 0 Å². The Morgan fingerprint density at radius 2 is 2.46 bits per heavy atom. The third-order valence-electron chi connectivity index (χ3n) is 2.58. The monoisotopic (exact) mass is 176 g/mol. The molecule has 1 aliphatic rings. The summed E-state index contributed by atoms with van der Waals surface area (Å²) < 4.78 is 0. The summed E-state index contributed by atoms with van der Waals surface area (Å²) in [6.07, 6.45) is 4.26. The summed E-state index contributed by atoms with van der Waals surface area (Å²) in [6.45, 7) is 5.72. The topological polar surface area (TPSA) is 16.1 Å². The Hall–Kier alpha value is -0.890. The summed E-state index contributed by atoms with van der Waals surface area (Å²) >= 11 is 0. The van der Waals surface area contributed by atoms with Gasteiger partial charge in [-0.1, -0.05) is 13.0 Å². The van der Waals surface area contributed by atoms with Crippen molar-refractivity contribution >= 4 is 0 Å². The van der Waals surface area contributed by atoms with Crippen LogP contribution in [0.2, 0.25) is 0 Å². The highest BCUT2D eigenvalue weighted by Crippen LogP contribution is 2.15. The van der Waals surface area contributed by atoms with E-state index >= 15 is 0 Å². The highest BCUT2D eigenvalue weighted by atomic mass is 15.1. The fourth-order valence-electron chi connectivity index (χ4n) is 1.93. The van der Waals surface area contributed by atoms with E-state index in [1.54, 1.807) is 0 Å². The summed E-state index contributed by atoms with van der Waals surface area (Å²) in [6, 6.07) is 4.23. The van der Waals surface area contributed by atoms with Crippen molar-refractivity contribution in [3.05, 3.63) is 29.6 Å². The second kappa shape index (κ2) is 3.88. The lowest BCUT2D eigenvalue weighted by atomic mass is 10.1. The predicted octanol–water partition coefficient (Wildman–Crippen LogP) is 1.85. The van der Waals surface area contributed by atoms with Crippen LogP contribution in [0, 0.1) is 0 Å². The van der Waals surface area contributed by atoms with Crippen LogP contribution in [-0.2, 0) is 13.0 Å². The summed E-state index contributed by atoms with van der Waals surface area (Å²) in [4.78, 5) is 6.89. The van der Waals surface area contributed by atoms with E-state index in [-0.39, 0.29) is 0 Å². The number of pyridine rings is 1. The molecule has 0 atom stereocenters. The molecule has 13 heavy (non-hydrogen) atoms. The van der Waals surface area contributed by atoms with E-state index in [4.69, 9.17) is 0 Å². The van der Waals surface area contributed by atoms with E-state index < -0.39 is 0 Å². The Morgan fingerprint density at radius 1 is 1.54 bits per heavy atom. The van der Waals surface area contributed by atoms with E-state index in [0.29, 0.717) is 0 Å². The first kappa shape index (κ1) is 8.70. The zero-order valence-corrected chi connectivity index (χ0v) is 8.16. The molecule has 0 saturated heterocycles. The van der Waals surface area contributed by atoms with E-state index in [1.165, 1.54) is 30.8 Å². The fraction of sp³-hybridized carbons (Fsp3) is 0.545. The molecule has 2 heterocycles. The van der Waals surface area contributed by atoms with Gasteiger partial charge in [-0.25, -0.2) is 0 Å². The zero-order chi connectivity index (χ0) is 9.10. The van der Waals surface area contributed by atoms with Gasteiger partial charge in [0, 0.05) is 31.4 Å². The van der Waals surface area contributed by atoms with Crippen molar-refractivity contribution in [2.75, 3.05) is 13.1 Å². The highest BCUT2D eigenvalue weighted by Gasteiger charge is 2.14. The lowest BCUT2D eigenvalue weighted by Crippen LogP contribution is -2.31. The smallest absolute Gasteiger partial charge is 0.0461 e. The van der Waals surface area contributed by atoms with Crippen molar-refractivity contribution in [3.63, 3.8) is 0 Å². The molecule has 70 valence electrons. The van der Waals surface area contributed by atoms with Crippen LogP contribution in [0.4, 0.5) is 0 Å². The third-order valence-corrected chi connectivity index (χ3v) is 2.58. The van der Waals surface area contributed by atoms with Crippen molar-refractivity contribution in [2.24, 2.45) is 0 Å². The number of nitrogens with zero attached hydrogens (tertiary/aromatic N) is 2. The van der Waals surface area contributed by atoms with E-state index in [2.05, 4.69) is 22.9 Å². The number of aromatic nitrogens is 1. The standard InChI is InChI=1S/C11H16N2/c1-2-7-13-8-5-11-10(9-13)4-3-6-12-11/h3-4,6H,2,5,7-9H2,1H3. The van der Waals surface area contributed by atoms with Gasteiger partial charge in [0.05, 0.1) is 0 Å². The molecule has 0 N–H and O–H groups in total. The maximum absolute atomic E-state index is 4.39. The van der Waals surface area contributed by atoms with Crippen molar-refractivity contribution < 1.29 is 0 Å². The molecule has 0 aliphatic carbocycles. The number of fused-ring (bicyclic) bond motifs is 1. The van der Waals surface area contributed by atoms with Crippen LogP contribution < -0.4 is 0 Å². The molecule has 0 spiro atoms. The van der Waals surface area contributed by atoms with Crippen molar-refractivity contribution in [1.29, 1.82) is 0 Å². The third kappa shape index (κ3) is 1.89. The van der Waals surface area contributed by atoms with Crippen molar-refractivity contribution in [2.45, 2.75) is 26.3 Å². The van der Waals surface area contributed by atoms with E-state index in [1.807, 2.05) is 12.3 Å². The molecule has 0 unspecified atom stereocenters. The molecule has 0 fully saturated rings. The largest absolute Gasteiger partial charge is 0.299 e. The first-order valence-electron chi connectivity index (χ1n) is 5.05. The fourth-order valence-corrected chi connectivity index (χ4v) is 1.93. The van der Waals surface area contributed by atoms with Gasteiger partial charge in [0.25, 0.3) is 0 Å². The lowest BCUT2D eigenvalue weighted by Gasteiger charge is -2.27. The molecule has 2 nitrogen and oxygen atoms in total. The SMILES string of the molecule is CCCN1CCc2ncccc2C1. The van der Waals surface area contributed by atoms with Crippen LogP contribution in [0.25, 0.3) is 0 Å². The van der Waals surface area contributed by atoms with Gasteiger partial charge in [0.2, 0.25) is 0 Å². The van der Waals surface area contributed by atoms with Crippen LogP contribution in [0.5, 0.6) is 0 Å². The Kier molecular flexibility index (Phi) is 2.60. The number of rotatable bonds is 2. The average Bonchev–Trinajstić information content (AvgIpc) is 2.18. The second-order valence-corrected chi connectivity index (χ2v) is 3.64. The molecule has 0 amide bonds. The van der Waals surface area contributed by atoms with Gasteiger partial charge in [-0.05, 0) is 24.6 Å². The minimum absolute atomic E-state index is 1.09. The van der Waals surface area contributed by atoms with Gasteiger partial charge in [-0.15, -0.1) is 0 Å². The van der Waals surface area contributed by atoms with Crippen LogP contribution >= 0.6 is 0 Å². The average molecular weight is 176 g/mol. The molecule has 1 aromatic rings. The first-order chi connectivity index (χ1) is 6.40. The Bertz CT molecular complexity index is 283. The molecule has 0 bridgehead atoms. The molecule has 0 aromatic carbocycles. The molecular weight excluding hydrogens is 160 g/mol. The summed E-state index contributed by atoms with van der Waals surface area (Å²) in [7, 11) is 0. The lowest BCUT2D eigenvalue weighted by molar-refractivity contribution is 0.252. The maximum atomic E-state index is 4.39. The summed E-state index contributed by atoms with van der Waals surface area (Å²) in [5.74, 6) is 0. The number of hydrogen-bond acceptors (Lipinski definition) is 2. The molecule has 2 rings (SSSR count). The van der Waals surface area contributed by atoms with Gasteiger partial charge in [-0.2, -0.15) is 0 Å². The van der Waals surface area contributed by atoms with Gasteiger partial charge in [-0.3, -0.25) is 9.88 Å². The van der Waals surface area contributed by atoms with Crippen molar-refractivity contribution in [1.82, 2.24) is 9.88 Å². The summed E-state index contributed by atoms with van der Waals surface area (Å²) in [5, 5.41) is 0. The van der Waals surface area contributed by atoms with Crippen LogP contribution in [0.15, 0.2) is 18.3 Å². The van der Waals surface area contributed by atoms with Gasteiger partial charge < -0.3 is 0 Å². The van der Waals surface area contributed by atoms with Gasteiger partial charge >= 0.3 is 0 Å². The molecule has 0 radical (unpaired) electrons. The van der Waals surface area contributed by atoms with E-state index in [9.17, 15) is 0 Å².